The van der Waals surface area contributed by atoms with Crippen LogP contribution < -0.4 is 5.32 Å². The van der Waals surface area contributed by atoms with Crippen LogP contribution in [0.1, 0.15) is 32.1 Å². The molecule has 2 atom stereocenters. The summed E-state index contributed by atoms with van der Waals surface area (Å²) in [5.41, 5.74) is 0. The van der Waals surface area contributed by atoms with Gasteiger partial charge in [0.15, 0.2) is 9.84 Å². The molecule has 0 aromatic carbocycles. The van der Waals surface area contributed by atoms with Crippen molar-refractivity contribution in [1.82, 2.24) is 10.2 Å². The molecule has 21 heavy (non-hydrogen) atoms. The average molecular weight is 314 g/mol. The fourth-order valence-electron chi connectivity index (χ4n) is 3.64. The molecule has 2 unspecified atom stereocenters. The molecular weight excluding hydrogens is 296 g/mol. The highest BCUT2D eigenvalue weighted by Crippen LogP contribution is 2.35. The Bertz CT molecular complexity index is 594. The maximum absolute atomic E-state index is 12.6. The van der Waals surface area contributed by atoms with E-state index in [9.17, 15) is 22.8 Å². The Hall–Kier alpha value is -1.44. The first kappa shape index (κ1) is 14.5. The first-order valence-electron chi connectivity index (χ1n) is 7.27. The lowest BCUT2D eigenvalue weighted by Gasteiger charge is -2.35. The minimum absolute atomic E-state index is 0.0171. The molecule has 116 valence electrons. The van der Waals surface area contributed by atoms with E-state index in [2.05, 4.69) is 5.32 Å². The highest BCUT2D eigenvalue weighted by Gasteiger charge is 2.49. The Morgan fingerprint density at radius 2 is 1.71 bits per heavy atom. The van der Waals surface area contributed by atoms with Crippen molar-refractivity contribution in [3.05, 3.63) is 0 Å². The number of imide groups is 2. The Morgan fingerprint density at radius 3 is 2.29 bits per heavy atom. The number of barbiturate groups is 1. The van der Waals surface area contributed by atoms with Gasteiger partial charge < -0.3 is 0 Å². The fraction of sp³-hybridized carbons (Fsp3) is 0.769. The van der Waals surface area contributed by atoms with Crippen molar-refractivity contribution in [2.45, 2.75) is 38.1 Å². The monoisotopic (exact) mass is 314 g/mol. The van der Waals surface area contributed by atoms with Gasteiger partial charge in [0.25, 0.3) is 0 Å². The third-order valence-electron chi connectivity index (χ3n) is 4.68. The van der Waals surface area contributed by atoms with Crippen molar-refractivity contribution in [3.63, 3.8) is 0 Å². The number of hydrogen-bond donors (Lipinski definition) is 1. The molecule has 1 aliphatic carbocycles. The van der Waals surface area contributed by atoms with Crippen LogP contribution in [0.2, 0.25) is 0 Å². The molecule has 2 saturated heterocycles. The highest BCUT2D eigenvalue weighted by atomic mass is 32.2. The zero-order valence-corrected chi connectivity index (χ0v) is 12.4. The number of hydrogen-bond acceptors (Lipinski definition) is 5. The van der Waals surface area contributed by atoms with Gasteiger partial charge in [0.1, 0.15) is 5.92 Å². The number of nitrogens with one attached hydrogen (secondary N) is 1. The van der Waals surface area contributed by atoms with Crippen LogP contribution in [0.25, 0.3) is 0 Å². The Morgan fingerprint density at radius 1 is 1.05 bits per heavy atom. The van der Waals surface area contributed by atoms with Crippen molar-refractivity contribution in [3.8, 4) is 0 Å². The third-order valence-corrected chi connectivity index (χ3v) is 6.43. The lowest BCUT2D eigenvalue weighted by molar-refractivity contribution is -0.146. The molecule has 0 aromatic rings. The summed E-state index contributed by atoms with van der Waals surface area (Å²) in [5, 5.41) is 2.22. The minimum Gasteiger partial charge on any atom is -0.277 e. The maximum Gasteiger partial charge on any atom is 0.331 e. The van der Waals surface area contributed by atoms with Gasteiger partial charge in [-0.25, -0.2) is 13.2 Å². The molecule has 0 aromatic heterocycles. The number of amides is 4. The van der Waals surface area contributed by atoms with Crippen molar-refractivity contribution in [1.29, 1.82) is 0 Å². The summed E-state index contributed by atoms with van der Waals surface area (Å²) in [4.78, 5) is 37.5. The molecule has 4 amide bonds. The van der Waals surface area contributed by atoms with Crippen LogP contribution in [0, 0.1) is 11.8 Å². The summed E-state index contributed by atoms with van der Waals surface area (Å²) in [6.07, 6.45) is 3.82. The van der Waals surface area contributed by atoms with E-state index < -0.39 is 39.6 Å². The lowest BCUT2D eigenvalue weighted by atomic mass is 9.87. The van der Waals surface area contributed by atoms with Gasteiger partial charge in [-0.15, -0.1) is 0 Å². The molecule has 8 heteroatoms. The molecule has 3 aliphatic rings. The van der Waals surface area contributed by atoms with E-state index >= 15 is 0 Å². The summed E-state index contributed by atoms with van der Waals surface area (Å²) in [5.74, 6) is -2.14. The van der Waals surface area contributed by atoms with E-state index in [1.54, 1.807) is 0 Å². The second-order valence-corrected chi connectivity index (χ2v) is 8.31. The Balaban J connectivity index is 1.84. The molecule has 2 aliphatic heterocycles. The fourth-order valence-corrected chi connectivity index (χ4v) is 5.34. The molecule has 0 radical (unpaired) electrons. The van der Waals surface area contributed by atoms with Crippen LogP contribution in [0.5, 0.6) is 0 Å². The van der Waals surface area contributed by atoms with Crippen LogP contribution in [0.15, 0.2) is 0 Å². The summed E-state index contributed by atoms with van der Waals surface area (Å²) in [6.45, 7) is 0. The first-order valence-corrected chi connectivity index (χ1v) is 9.09. The molecule has 3 fully saturated rings. The standard InChI is InChI=1S/C13H18N2O5S/c16-11-10(8-3-1-2-4-8)12(17)15(13(18)14-11)9-5-6-21(19,20)7-9/h8-10H,1-7H2,(H,14,16,18). The number of nitrogens with zero attached hydrogens (tertiary/aromatic N) is 1. The van der Waals surface area contributed by atoms with Crippen LogP contribution in [0.3, 0.4) is 0 Å². The van der Waals surface area contributed by atoms with E-state index in [0.29, 0.717) is 0 Å². The van der Waals surface area contributed by atoms with E-state index in [1.165, 1.54) is 0 Å². The maximum atomic E-state index is 12.6. The van der Waals surface area contributed by atoms with Gasteiger partial charge in [-0.2, -0.15) is 0 Å². The molecule has 1 N–H and O–H groups in total. The summed E-state index contributed by atoms with van der Waals surface area (Å²) >= 11 is 0. The van der Waals surface area contributed by atoms with Crippen LogP contribution >= 0.6 is 0 Å². The first-order chi connectivity index (χ1) is 9.89. The van der Waals surface area contributed by atoms with Crippen LogP contribution in [-0.2, 0) is 19.4 Å². The van der Waals surface area contributed by atoms with Gasteiger partial charge in [-0.1, -0.05) is 12.8 Å². The third kappa shape index (κ3) is 2.56. The molecule has 0 spiro atoms. The van der Waals surface area contributed by atoms with Crippen LogP contribution in [-0.4, -0.2) is 48.7 Å². The molecular formula is C13H18N2O5S. The Labute approximate surface area is 123 Å². The second kappa shape index (κ2) is 5.08. The highest BCUT2D eigenvalue weighted by molar-refractivity contribution is 7.91. The largest absolute Gasteiger partial charge is 0.331 e. The van der Waals surface area contributed by atoms with Gasteiger partial charge in [0, 0.05) is 0 Å². The molecule has 0 bridgehead atoms. The second-order valence-electron chi connectivity index (χ2n) is 6.08. The zero-order valence-electron chi connectivity index (χ0n) is 11.6. The van der Waals surface area contributed by atoms with Crippen molar-refractivity contribution in [2.75, 3.05) is 11.5 Å². The number of carbonyl (C=O) groups excluding carboxylic acids is 3. The van der Waals surface area contributed by atoms with Crippen molar-refractivity contribution < 1.29 is 22.8 Å². The predicted molar refractivity (Wildman–Crippen MR) is 72.9 cm³/mol. The number of rotatable bonds is 2. The van der Waals surface area contributed by atoms with E-state index in [4.69, 9.17) is 0 Å². The summed E-state index contributed by atoms with van der Waals surface area (Å²) < 4.78 is 23.1. The van der Waals surface area contributed by atoms with Gasteiger partial charge in [-0.3, -0.25) is 19.8 Å². The topological polar surface area (TPSA) is 101 Å². The summed E-state index contributed by atoms with van der Waals surface area (Å²) in [6, 6.07) is -1.42. The van der Waals surface area contributed by atoms with Crippen LogP contribution in [0.4, 0.5) is 4.79 Å². The van der Waals surface area contributed by atoms with Gasteiger partial charge in [-0.05, 0) is 25.2 Å². The Kier molecular flexibility index (Phi) is 3.51. The number of sulfone groups is 1. The van der Waals surface area contributed by atoms with Gasteiger partial charge in [0.05, 0.1) is 17.5 Å². The molecule has 7 nitrogen and oxygen atoms in total. The van der Waals surface area contributed by atoms with E-state index in [1.807, 2.05) is 0 Å². The molecule has 2 heterocycles. The average Bonchev–Trinajstić information content (AvgIpc) is 2.99. The quantitative estimate of drug-likeness (QED) is 0.726. The molecule has 3 rings (SSSR count). The summed E-state index contributed by atoms with van der Waals surface area (Å²) in [7, 11) is -3.20. The minimum atomic E-state index is -3.20. The predicted octanol–water partition coefficient (Wildman–Crippen LogP) is 0.0583. The van der Waals surface area contributed by atoms with Gasteiger partial charge in [0.2, 0.25) is 11.8 Å². The van der Waals surface area contributed by atoms with E-state index in [0.717, 1.165) is 30.6 Å². The van der Waals surface area contributed by atoms with Crippen molar-refractivity contribution >= 4 is 27.7 Å². The van der Waals surface area contributed by atoms with E-state index in [-0.39, 0.29) is 23.8 Å². The number of urea groups is 1. The van der Waals surface area contributed by atoms with Crippen molar-refractivity contribution in [2.24, 2.45) is 11.8 Å². The SMILES string of the molecule is O=C1NC(=O)N(C2CCS(=O)(=O)C2)C(=O)C1C1CCCC1. The smallest absolute Gasteiger partial charge is 0.277 e. The van der Waals surface area contributed by atoms with Gasteiger partial charge >= 0.3 is 6.03 Å². The lowest BCUT2D eigenvalue weighted by Crippen LogP contribution is -2.62. The zero-order chi connectivity index (χ0) is 15.2. The number of carbonyl (C=O) groups is 3. The normalized spacial score (nSPS) is 33.5. The molecule has 1 saturated carbocycles.